The molecule has 0 fully saturated rings. The van der Waals surface area contributed by atoms with Gasteiger partial charge in [-0.15, -0.1) is 0 Å². The van der Waals surface area contributed by atoms with Crippen LogP contribution in [-0.4, -0.2) is 31.4 Å². The molecule has 2 amide bonds. The molecule has 0 heterocycles. The Morgan fingerprint density at radius 3 is 2.19 bits per heavy atom. The molecule has 138 valence electrons. The minimum Gasteiger partial charge on any atom is -0.372 e. The number of hydrogen-bond acceptors (Lipinski definition) is 3. The van der Waals surface area contributed by atoms with Crippen LogP contribution in [0.15, 0.2) is 42.5 Å². The smallest absolute Gasteiger partial charge is 0.251 e. The molecule has 0 bridgehead atoms. The van der Waals surface area contributed by atoms with Crippen molar-refractivity contribution in [3.8, 4) is 0 Å². The van der Waals surface area contributed by atoms with Gasteiger partial charge in [0.2, 0.25) is 5.91 Å². The molecule has 0 aliphatic rings. The second-order valence-electron chi connectivity index (χ2n) is 5.58. The number of nitrogens with one attached hydrogen (secondary N) is 2. The van der Waals surface area contributed by atoms with Crippen LogP contribution in [-0.2, 0) is 4.79 Å². The first-order valence-electron chi connectivity index (χ1n) is 8.32. The molecule has 2 aromatic rings. The van der Waals surface area contributed by atoms with E-state index in [0.29, 0.717) is 5.69 Å². The van der Waals surface area contributed by atoms with E-state index in [0.717, 1.165) is 37.0 Å². The average Bonchev–Trinajstić information content (AvgIpc) is 2.64. The van der Waals surface area contributed by atoms with Crippen molar-refractivity contribution < 1.29 is 18.4 Å². The fourth-order valence-corrected chi connectivity index (χ4v) is 2.45. The molecule has 7 heteroatoms. The minimum atomic E-state index is -1.12. The monoisotopic (exact) mass is 361 g/mol. The fraction of sp³-hybridized carbons (Fsp3) is 0.263. The highest BCUT2D eigenvalue weighted by Crippen LogP contribution is 2.17. The number of amides is 2. The van der Waals surface area contributed by atoms with Crippen molar-refractivity contribution in [1.82, 2.24) is 5.32 Å². The Morgan fingerprint density at radius 1 is 0.962 bits per heavy atom. The van der Waals surface area contributed by atoms with E-state index < -0.39 is 23.4 Å². The molecule has 2 N–H and O–H groups in total. The van der Waals surface area contributed by atoms with Crippen LogP contribution in [0.25, 0.3) is 0 Å². The van der Waals surface area contributed by atoms with Crippen LogP contribution in [0.5, 0.6) is 0 Å². The number of rotatable bonds is 7. The summed E-state index contributed by atoms with van der Waals surface area (Å²) in [6.07, 6.45) is 0. The molecular formula is C19H21F2N3O2. The second kappa shape index (κ2) is 8.94. The predicted molar refractivity (Wildman–Crippen MR) is 97.3 cm³/mol. The summed E-state index contributed by atoms with van der Waals surface area (Å²) in [5.74, 6) is -3.23. The van der Waals surface area contributed by atoms with E-state index in [1.54, 1.807) is 12.1 Å². The predicted octanol–water partition coefficient (Wildman–Crippen LogP) is 3.18. The Balaban J connectivity index is 1.88. The van der Waals surface area contributed by atoms with E-state index in [4.69, 9.17) is 0 Å². The zero-order valence-corrected chi connectivity index (χ0v) is 14.7. The van der Waals surface area contributed by atoms with Crippen molar-refractivity contribution in [2.24, 2.45) is 0 Å². The van der Waals surface area contributed by atoms with Crippen molar-refractivity contribution in [3.63, 3.8) is 0 Å². The van der Waals surface area contributed by atoms with Gasteiger partial charge in [-0.1, -0.05) is 0 Å². The third kappa shape index (κ3) is 5.02. The third-order valence-corrected chi connectivity index (χ3v) is 3.87. The van der Waals surface area contributed by atoms with E-state index in [9.17, 15) is 18.4 Å². The van der Waals surface area contributed by atoms with Gasteiger partial charge in [0, 0.05) is 30.0 Å². The number of carbonyl (C=O) groups is 2. The number of anilines is 2. The van der Waals surface area contributed by atoms with Crippen molar-refractivity contribution >= 4 is 23.2 Å². The molecule has 0 saturated carbocycles. The molecule has 5 nitrogen and oxygen atoms in total. The molecule has 0 spiro atoms. The van der Waals surface area contributed by atoms with Crippen molar-refractivity contribution in [2.45, 2.75) is 13.8 Å². The summed E-state index contributed by atoms with van der Waals surface area (Å²) in [6.45, 7) is 5.62. The molecule has 0 aliphatic carbocycles. The molecule has 0 atom stereocenters. The first-order chi connectivity index (χ1) is 12.4. The van der Waals surface area contributed by atoms with E-state index >= 15 is 0 Å². The zero-order valence-electron chi connectivity index (χ0n) is 14.7. The molecule has 26 heavy (non-hydrogen) atoms. The highest BCUT2D eigenvalue weighted by atomic mass is 19.2. The highest BCUT2D eigenvalue weighted by Gasteiger charge is 2.11. The summed E-state index contributed by atoms with van der Waals surface area (Å²) in [5.41, 5.74) is 1.60. The first kappa shape index (κ1) is 19.4. The SMILES string of the molecule is CCN(CC)c1ccc(NC(=O)CNC(=O)c2ccc(F)c(F)c2)cc1. The molecule has 0 aliphatic heterocycles. The van der Waals surface area contributed by atoms with Crippen LogP contribution in [0, 0.1) is 11.6 Å². The van der Waals surface area contributed by atoms with E-state index in [2.05, 4.69) is 29.4 Å². The average molecular weight is 361 g/mol. The lowest BCUT2D eigenvalue weighted by Gasteiger charge is -2.21. The number of benzene rings is 2. The van der Waals surface area contributed by atoms with Crippen molar-refractivity contribution in [1.29, 1.82) is 0 Å². The number of hydrogen-bond donors (Lipinski definition) is 2. The Hall–Kier alpha value is -2.96. The Kier molecular flexibility index (Phi) is 6.66. The molecule has 2 aromatic carbocycles. The lowest BCUT2D eigenvalue weighted by molar-refractivity contribution is -0.115. The van der Waals surface area contributed by atoms with Crippen LogP contribution >= 0.6 is 0 Å². The topological polar surface area (TPSA) is 61.4 Å². The molecule has 0 radical (unpaired) electrons. The Bertz CT molecular complexity index is 775. The Labute approximate surface area is 151 Å². The summed E-state index contributed by atoms with van der Waals surface area (Å²) >= 11 is 0. The van der Waals surface area contributed by atoms with Crippen LogP contribution in [0.3, 0.4) is 0 Å². The molecule has 0 saturated heterocycles. The normalized spacial score (nSPS) is 10.3. The van der Waals surface area contributed by atoms with E-state index in [1.807, 2.05) is 12.1 Å². The van der Waals surface area contributed by atoms with Gasteiger partial charge in [0.1, 0.15) is 0 Å². The molecular weight excluding hydrogens is 340 g/mol. The van der Waals surface area contributed by atoms with Crippen LogP contribution in [0.1, 0.15) is 24.2 Å². The van der Waals surface area contributed by atoms with Crippen molar-refractivity contribution in [2.75, 3.05) is 29.9 Å². The standard InChI is InChI=1S/C19H21F2N3O2/c1-3-24(4-2)15-8-6-14(7-9-15)23-18(25)12-22-19(26)13-5-10-16(20)17(21)11-13/h5-11H,3-4,12H2,1-2H3,(H,22,26)(H,23,25). The minimum absolute atomic E-state index is 0.0553. The van der Waals surface area contributed by atoms with Gasteiger partial charge in [-0.05, 0) is 56.3 Å². The Morgan fingerprint density at radius 2 is 1.62 bits per heavy atom. The van der Waals surface area contributed by atoms with Gasteiger partial charge < -0.3 is 15.5 Å². The maximum Gasteiger partial charge on any atom is 0.251 e. The van der Waals surface area contributed by atoms with Crippen molar-refractivity contribution in [3.05, 3.63) is 59.7 Å². The number of carbonyl (C=O) groups excluding carboxylic acids is 2. The van der Waals surface area contributed by atoms with E-state index in [1.165, 1.54) is 0 Å². The summed E-state index contributed by atoms with van der Waals surface area (Å²) in [7, 11) is 0. The quantitative estimate of drug-likeness (QED) is 0.796. The zero-order chi connectivity index (χ0) is 19.1. The van der Waals surface area contributed by atoms with Gasteiger partial charge in [0.15, 0.2) is 11.6 Å². The fourth-order valence-electron chi connectivity index (χ4n) is 2.45. The van der Waals surface area contributed by atoms with Gasteiger partial charge in [0.05, 0.1) is 6.54 Å². The largest absolute Gasteiger partial charge is 0.372 e. The van der Waals surface area contributed by atoms with Gasteiger partial charge in [0.25, 0.3) is 5.91 Å². The van der Waals surface area contributed by atoms with Gasteiger partial charge in [-0.3, -0.25) is 9.59 Å². The number of halogens is 2. The maximum absolute atomic E-state index is 13.1. The summed E-state index contributed by atoms with van der Waals surface area (Å²) < 4.78 is 26.0. The third-order valence-electron chi connectivity index (χ3n) is 3.87. The molecule has 0 unspecified atom stereocenters. The lowest BCUT2D eigenvalue weighted by Crippen LogP contribution is -2.32. The molecule has 2 rings (SSSR count). The first-order valence-corrected chi connectivity index (χ1v) is 8.32. The van der Waals surface area contributed by atoms with Crippen LogP contribution in [0.2, 0.25) is 0 Å². The van der Waals surface area contributed by atoms with Crippen LogP contribution in [0.4, 0.5) is 20.2 Å². The number of nitrogens with zero attached hydrogens (tertiary/aromatic N) is 1. The van der Waals surface area contributed by atoms with Gasteiger partial charge in [-0.25, -0.2) is 8.78 Å². The lowest BCUT2D eigenvalue weighted by atomic mass is 10.2. The second-order valence-corrected chi connectivity index (χ2v) is 5.58. The summed E-state index contributed by atoms with van der Waals surface area (Å²) in [4.78, 5) is 26.0. The summed E-state index contributed by atoms with van der Waals surface area (Å²) in [5, 5.41) is 5.03. The van der Waals surface area contributed by atoms with Crippen LogP contribution < -0.4 is 15.5 Å². The maximum atomic E-state index is 13.1. The molecule has 0 aromatic heterocycles. The van der Waals surface area contributed by atoms with Gasteiger partial charge in [-0.2, -0.15) is 0 Å². The van der Waals surface area contributed by atoms with Gasteiger partial charge >= 0.3 is 0 Å². The van der Waals surface area contributed by atoms with E-state index in [-0.39, 0.29) is 12.1 Å². The highest BCUT2D eigenvalue weighted by molar-refractivity contribution is 5.99. The summed E-state index contributed by atoms with van der Waals surface area (Å²) in [6, 6.07) is 10.2.